The zero-order chi connectivity index (χ0) is 12.3. The van der Waals surface area contributed by atoms with E-state index in [2.05, 4.69) is 0 Å². The molecule has 0 saturated carbocycles. The van der Waals surface area contributed by atoms with E-state index in [0.717, 1.165) is 17.1 Å². The van der Waals surface area contributed by atoms with Crippen LogP contribution in [-0.2, 0) is 0 Å². The van der Waals surface area contributed by atoms with Crippen molar-refractivity contribution in [2.24, 2.45) is 5.73 Å². The van der Waals surface area contributed by atoms with Crippen LogP contribution in [0.15, 0.2) is 48.5 Å². The highest BCUT2D eigenvalue weighted by Gasteiger charge is 2.00. The highest BCUT2D eigenvalue weighted by atomic mass is 35.5. The van der Waals surface area contributed by atoms with Gasteiger partial charge < -0.3 is 10.5 Å². The Hall–Kier alpha value is -1.51. The molecule has 0 amide bonds. The fourth-order valence-corrected chi connectivity index (χ4v) is 1.60. The maximum atomic E-state index is 5.80. The van der Waals surface area contributed by atoms with Gasteiger partial charge in [0.2, 0.25) is 0 Å². The summed E-state index contributed by atoms with van der Waals surface area (Å²) in [6.07, 6.45) is 0. The third-order valence-electron chi connectivity index (χ3n) is 2.46. The average molecular weight is 248 g/mol. The van der Waals surface area contributed by atoms with E-state index < -0.39 is 0 Å². The predicted octanol–water partition coefficient (Wildman–Crippen LogP) is 4.15. The molecule has 2 N–H and O–H groups in total. The summed E-state index contributed by atoms with van der Waals surface area (Å²) in [7, 11) is 0. The second-order valence-corrected chi connectivity index (χ2v) is 4.35. The number of ether oxygens (including phenoxy) is 1. The molecule has 0 saturated heterocycles. The molecule has 17 heavy (non-hydrogen) atoms. The number of rotatable bonds is 3. The second-order valence-electron chi connectivity index (χ2n) is 3.91. The van der Waals surface area contributed by atoms with Gasteiger partial charge in [0.15, 0.2) is 0 Å². The van der Waals surface area contributed by atoms with Gasteiger partial charge in [-0.3, -0.25) is 0 Å². The van der Waals surface area contributed by atoms with Crippen molar-refractivity contribution in [2.45, 2.75) is 13.0 Å². The summed E-state index contributed by atoms with van der Waals surface area (Å²) < 4.78 is 5.67. The third kappa shape index (κ3) is 3.22. The van der Waals surface area contributed by atoms with Crippen molar-refractivity contribution >= 4 is 11.6 Å². The molecule has 2 rings (SSSR count). The summed E-state index contributed by atoms with van der Waals surface area (Å²) in [6, 6.07) is 15.1. The van der Waals surface area contributed by atoms with E-state index in [1.54, 1.807) is 12.1 Å². The van der Waals surface area contributed by atoms with Crippen molar-refractivity contribution in [3.8, 4) is 11.5 Å². The van der Waals surface area contributed by atoms with Gasteiger partial charge in [0.25, 0.3) is 0 Å². The lowest BCUT2D eigenvalue weighted by atomic mass is 10.1. The molecule has 0 aromatic heterocycles. The zero-order valence-corrected chi connectivity index (χ0v) is 10.3. The molecular weight excluding hydrogens is 234 g/mol. The van der Waals surface area contributed by atoms with Gasteiger partial charge in [-0.2, -0.15) is 0 Å². The van der Waals surface area contributed by atoms with Gasteiger partial charge in [-0.1, -0.05) is 23.7 Å². The summed E-state index contributed by atoms with van der Waals surface area (Å²) in [4.78, 5) is 0. The Labute approximate surface area is 106 Å². The van der Waals surface area contributed by atoms with Crippen molar-refractivity contribution in [1.82, 2.24) is 0 Å². The van der Waals surface area contributed by atoms with Gasteiger partial charge >= 0.3 is 0 Å². The van der Waals surface area contributed by atoms with Crippen LogP contribution in [0.2, 0.25) is 5.02 Å². The van der Waals surface area contributed by atoms with Gasteiger partial charge in [-0.15, -0.1) is 0 Å². The van der Waals surface area contributed by atoms with Crippen LogP contribution in [-0.4, -0.2) is 0 Å². The van der Waals surface area contributed by atoms with Crippen molar-refractivity contribution in [3.05, 3.63) is 59.1 Å². The highest BCUT2D eigenvalue weighted by Crippen LogP contribution is 2.24. The summed E-state index contributed by atoms with van der Waals surface area (Å²) in [6.45, 7) is 1.95. The minimum Gasteiger partial charge on any atom is -0.457 e. The van der Waals surface area contributed by atoms with Crippen LogP contribution in [0.1, 0.15) is 18.5 Å². The van der Waals surface area contributed by atoms with Crippen LogP contribution >= 0.6 is 11.6 Å². The lowest BCUT2D eigenvalue weighted by Crippen LogP contribution is -2.04. The smallest absolute Gasteiger partial charge is 0.127 e. The van der Waals surface area contributed by atoms with E-state index in [1.807, 2.05) is 43.3 Å². The number of benzene rings is 2. The molecule has 1 unspecified atom stereocenters. The van der Waals surface area contributed by atoms with Gasteiger partial charge in [0.05, 0.1) is 0 Å². The Morgan fingerprint density at radius 2 is 1.41 bits per heavy atom. The minimum absolute atomic E-state index is 0.0413. The molecule has 0 bridgehead atoms. The lowest BCUT2D eigenvalue weighted by molar-refractivity contribution is 0.482. The Morgan fingerprint density at radius 3 is 1.88 bits per heavy atom. The maximum Gasteiger partial charge on any atom is 0.127 e. The Bertz CT molecular complexity index is 477. The molecule has 0 aliphatic carbocycles. The fraction of sp³-hybridized carbons (Fsp3) is 0.143. The molecule has 0 fully saturated rings. The Kier molecular flexibility index (Phi) is 3.67. The van der Waals surface area contributed by atoms with Crippen LogP contribution < -0.4 is 10.5 Å². The predicted molar refractivity (Wildman–Crippen MR) is 70.6 cm³/mol. The summed E-state index contributed by atoms with van der Waals surface area (Å²) in [5.41, 5.74) is 6.87. The molecule has 0 aliphatic rings. The van der Waals surface area contributed by atoms with Gasteiger partial charge in [0.1, 0.15) is 11.5 Å². The first-order valence-electron chi connectivity index (χ1n) is 5.44. The maximum absolute atomic E-state index is 5.80. The highest BCUT2D eigenvalue weighted by molar-refractivity contribution is 6.30. The molecule has 2 aromatic rings. The Morgan fingerprint density at radius 1 is 0.941 bits per heavy atom. The first kappa shape index (κ1) is 12.0. The molecule has 0 heterocycles. The summed E-state index contributed by atoms with van der Waals surface area (Å²) >= 11 is 5.80. The van der Waals surface area contributed by atoms with Crippen molar-refractivity contribution in [3.63, 3.8) is 0 Å². The lowest BCUT2D eigenvalue weighted by Gasteiger charge is -2.08. The summed E-state index contributed by atoms with van der Waals surface area (Å²) in [5, 5.41) is 0.699. The van der Waals surface area contributed by atoms with Crippen molar-refractivity contribution in [1.29, 1.82) is 0 Å². The van der Waals surface area contributed by atoms with Crippen LogP contribution in [0.25, 0.3) is 0 Å². The van der Waals surface area contributed by atoms with E-state index in [0.29, 0.717) is 5.02 Å². The standard InChI is InChI=1S/C14H14ClNO/c1-10(16)11-2-6-13(7-3-11)17-14-8-4-12(15)5-9-14/h2-10H,16H2,1H3. The van der Waals surface area contributed by atoms with Crippen LogP contribution in [0, 0.1) is 0 Å². The molecule has 0 spiro atoms. The molecular formula is C14H14ClNO. The van der Waals surface area contributed by atoms with E-state index in [1.165, 1.54) is 0 Å². The van der Waals surface area contributed by atoms with E-state index in [4.69, 9.17) is 22.1 Å². The molecule has 2 nitrogen and oxygen atoms in total. The second kappa shape index (κ2) is 5.21. The van der Waals surface area contributed by atoms with E-state index in [9.17, 15) is 0 Å². The first-order chi connectivity index (χ1) is 8.15. The summed E-state index contributed by atoms with van der Waals surface area (Å²) in [5.74, 6) is 1.56. The van der Waals surface area contributed by atoms with Gasteiger partial charge in [-0.25, -0.2) is 0 Å². The average Bonchev–Trinajstić information content (AvgIpc) is 2.33. The third-order valence-corrected chi connectivity index (χ3v) is 2.71. The molecule has 0 aliphatic heterocycles. The largest absolute Gasteiger partial charge is 0.457 e. The SMILES string of the molecule is CC(N)c1ccc(Oc2ccc(Cl)cc2)cc1. The number of hydrogen-bond donors (Lipinski definition) is 1. The van der Waals surface area contributed by atoms with Gasteiger partial charge in [0, 0.05) is 11.1 Å². The first-order valence-corrected chi connectivity index (χ1v) is 5.82. The fourth-order valence-electron chi connectivity index (χ4n) is 1.48. The number of halogens is 1. The Balaban J connectivity index is 2.11. The van der Waals surface area contributed by atoms with Gasteiger partial charge in [-0.05, 0) is 48.9 Å². The molecule has 1 atom stereocenters. The van der Waals surface area contributed by atoms with Crippen molar-refractivity contribution < 1.29 is 4.74 Å². The zero-order valence-electron chi connectivity index (χ0n) is 9.56. The van der Waals surface area contributed by atoms with Crippen LogP contribution in [0.4, 0.5) is 0 Å². The van der Waals surface area contributed by atoms with E-state index in [-0.39, 0.29) is 6.04 Å². The normalized spacial score (nSPS) is 12.2. The molecule has 2 aromatic carbocycles. The minimum atomic E-state index is 0.0413. The monoisotopic (exact) mass is 247 g/mol. The molecule has 88 valence electrons. The number of nitrogens with two attached hydrogens (primary N) is 1. The van der Waals surface area contributed by atoms with Crippen LogP contribution in [0.3, 0.4) is 0 Å². The van der Waals surface area contributed by atoms with E-state index >= 15 is 0 Å². The molecule has 3 heteroatoms. The molecule has 0 radical (unpaired) electrons. The van der Waals surface area contributed by atoms with Crippen molar-refractivity contribution in [2.75, 3.05) is 0 Å². The quantitative estimate of drug-likeness (QED) is 0.884. The topological polar surface area (TPSA) is 35.2 Å². The number of hydrogen-bond acceptors (Lipinski definition) is 2. The van der Waals surface area contributed by atoms with Crippen LogP contribution in [0.5, 0.6) is 11.5 Å².